The Morgan fingerprint density at radius 1 is 0.556 bits per heavy atom. The Morgan fingerprint density at radius 2 is 0.944 bits per heavy atom. The Kier molecular flexibility index (Phi) is 3.56. The number of hydrogen-bond acceptors (Lipinski definition) is 0. The monoisotopic (exact) mass is 490 g/mol. The number of benzene rings is 3. The van der Waals surface area contributed by atoms with Crippen LogP contribution in [0.25, 0.3) is 21.5 Å². The van der Waals surface area contributed by atoms with E-state index in [1.54, 1.807) is 0 Å². The molecule has 0 N–H and O–H groups in total. The van der Waals surface area contributed by atoms with Gasteiger partial charge in [0.1, 0.15) is 0 Å². The van der Waals surface area contributed by atoms with Crippen LogP contribution >= 0.6 is 63.7 Å². The Labute approximate surface area is 138 Å². The normalized spacial score (nSPS) is 11.3. The number of hydrogen-bond donors (Lipinski definition) is 0. The van der Waals surface area contributed by atoms with Gasteiger partial charge in [0.15, 0.2) is 0 Å². The van der Waals surface area contributed by atoms with Gasteiger partial charge in [-0.25, -0.2) is 0 Å². The Balaban J connectivity index is 2.72. The van der Waals surface area contributed by atoms with Crippen LogP contribution < -0.4 is 0 Å². The fourth-order valence-electron chi connectivity index (χ4n) is 2.12. The molecule has 0 heterocycles. The van der Waals surface area contributed by atoms with Gasteiger partial charge in [-0.05, 0) is 54.8 Å². The second-order valence-corrected chi connectivity index (χ2v) is 7.25. The minimum atomic E-state index is 1.08. The maximum Gasteiger partial charge on any atom is 0.0344 e. The predicted molar refractivity (Wildman–Crippen MR) is 92.3 cm³/mol. The lowest BCUT2D eigenvalue weighted by atomic mass is 10.0. The van der Waals surface area contributed by atoms with Crippen molar-refractivity contribution in [1.29, 1.82) is 0 Å². The molecule has 0 radical (unpaired) electrons. The minimum Gasteiger partial charge on any atom is -0.0616 e. The standard InChI is InChI=1S/C14H6Br4/c15-9-5-6-10(16)12-11(9)13(17)7-3-1-2-4-8(7)14(12)18/h1-6H. The van der Waals surface area contributed by atoms with Crippen molar-refractivity contribution < 1.29 is 0 Å². The summed E-state index contributed by atoms with van der Waals surface area (Å²) in [5, 5.41) is 4.76. The van der Waals surface area contributed by atoms with Crippen LogP contribution in [0.4, 0.5) is 0 Å². The highest BCUT2D eigenvalue weighted by Crippen LogP contribution is 2.44. The smallest absolute Gasteiger partial charge is 0.0344 e. The number of halogens is 4. The molecule has 3 aromatic carbocycles. The van der Waals surface area contributed by atoms with Gasteiger partial charge in [0.2, 0.25) is 0 Å². The average molecular weight is 494 g/mol. The van der Waals surface area contributed by atoms with Gasteiger partial charge in [-0.2, -0.15) is 0 Å². The molecule has 18 heavy (non-hydrogen) atoms. The topological polar surface area (TPSA) is 0 Å². The molecule has 0 spiro atoms. The quantitative estimate of drug-likeness (QED) is 0.295. The molecule has 0 atom stereocenters. The van der Waals surface area contributed by atoms with Gasteiger partial charge in [0, 0.05) is 28.7 Å². The van der Waals surface area contributed by atoms with Gasteiger partial charge in [0.05, 0.1) is 0 Å². The third kappa shape index (κ3) is 1.89. The summed E-state index contributed by atoms with van der Waals surface area (Å²) in [6, 6.07) is 12.5. The first kappa shape index (κ1) is 13.1. The van der Waals surface area contributed by atoms with Crippen molar-refractivity contribution >= 4 is 85.3 Å². The SMILES string of the molecule is Brc1ccc(Br)c2c(Br)c3ccccc3c(Br)c12. The molecule has 0 aliphatic rings. The molecular formula is C14H6Br4. The van der Waals surface area contributed by atoms with Gasteiger partial charge in [-0.1, -0.05) is 56.1 Å². The second kappa shape index (κ2) is 4.89. The molecule has 3 rings (SSSR count). The summed E-state index contributed by atoms with van der Waals surface area (Å²) >= 11 is 14.7. The van der Waals surface area contributed by atoms with Crippen LogP contribution in [-0.2, 0) is 0 Å². The molecule has 90 valence electrons. The van der Waals surface area contributed by atoms with E-state index in [-0.39, 0.29) is 0 Å². The van der Waals surface area contributed by atoms with Crippen LogP contribution in [0.2, 0.25) is 0 Å². The fraction of sp³-hybridized carbons (Fsp3) is 0. The Morgan fingerprint density at radius 3 is 1.33 bits per heavy atom. The van der Waals surface area contributed by atoms with Crippen LogP contribution in [0.1, 0.15) is 0 Å². The molecule has 3 aromatic rings. The number of rotatable bonds is 0. The van der Waals surface area contributed by atoms with Crippen molar-refractivity contribution in [2.45, 2.75) is 0 Å². The Bertz CT molecular complexity index is 712. The zero-order valence-electron chi connectivity index (χ0n) is 8.98. The Hall–Kier alpha value is 0.1000. The minimum absolute atomic E-state index is 1.08. The molecule has 0 fully saturated rings. The van der Waals surface area contributed by atoms with E-state index in [1.165, 1.54) is 21.5 Å². The van der Waals surface area contributed by atoms with E-state index in [9.17, 15) is 0 Å². The van der Waals surface area contributed by atoms with Gasteiger partial charge in [0.25, 0.3) is 0 Å². The number of fused-ring (bicyclic) bond motifs is 2. The average Bonchev–Trinajstić information content (AvgIpc) is 2.38. The van der Waals surface area contributed by atoms with Crippen LogP contribution in [-0.4, -0.2) is 0 Å². The maximum absolute atomic E-state index is 3.73. The fourth-order valence-corrected chi connectivity index (χ4v) is 5.22. The molecule has 0 aliphatic heterocycles. The van der Waals surface area contributed by atoms with E-state index in [0.717, 1.165) is 17.9 Å². The van der Waals surface area contributed by atoms with Crippen molar-refractivity contribution in [3.63, 3.8) is 0 Å². The zero-order chi connectivity index (χ0) is 12.9. The van der Waals surface area contributed by atoms with Gasteiger partial charge in [-0.15, -0.1) is 0 Å². The van der Waals surface area contributed by atoms with Crippen molar-refractivity contribution in [2.75, 3.05) is 0 Å². The summed E-state index contributed by atoms with van der Waals surface area (Å²) in [5.74, 6) is 0. The highest BCUT2D eigenvalue weighted by Gasteiger charge is 2.14. The summed E-state index contributed by atoms with van der Waals surface area (Å²) in [5.41, 5.74) is 0. The van der Waals surface area contributed by atoms with Crippen molar-refractivity contribution in [3.05, 3.63) is 54.3 Å². The maximum atomic E-state index is 3.73. The first-order valence-electron chi connectivity index (χ1n) is 5.24. The summed E-state index contributed by atoms with van der Waals surface area (Å²) in [7, 11) is 0. The van der Waals surface area contributed by atoms with Crippen LogP contribution in [0.3, 0.4) is 0 Å². The van der Waals surface area contributed by atoms with E-state index in [1.807, 2.05) is 0 Å². The van der Waals surface area contributed by atoms with Gasteiger partial charge in [-0.3, -0.25) is 0 Å². The molecule has 0 aliphatic carbocycles. The molecule has 4 heteroatoms. The molecule has 0 aromatic heterocycles. The van der Waals surface area contributed by atoms with Crippen molar-refractivity contribution in [1.82, 2.24) is 0 Å². The van der Waals surface area contributed by atoms with Gasteiger partial charge >= 0.3 is 0 Å². The van der Waals surface area contributed by atoms with E-state index >= 15 is 0 Å². The lowest BCUT2D eigenvalue weighted by molar-refractivity contribution is 1.66. The van der Waals surface area contributed by atoms with Gasteiger partial charge < -0.3 is 0 Å². The summed E-state index contributed by atoms with van der Waals surface area (Å²) in [6.45, 7) is 0. The highest BCUT2D eigenvalue weighted by molar-refractivity contribution is 9.12. The summed E-state index contributed by atoms with van der Waals surface area (Å²) < 4.78 is 4.40. The van der Waals surface area contributed by atoms with E-state index < -0.39 is 0 Å². The summed E-state index contributed by atoms with van der Waals surface area (Å²) in [4.78, 5) is 0. The predicted octanol–water partition coefficient (Wildman–Crippen LogP) is 7.04. The third-order valence-corrected chi connectivity index (χ3v) is 5.91. The molecule has 0 nitrogen and oxygen atoms in total. The molecule has 0 bridgehead atoms. The highest BCUT2D eigenvalue weighted by atomic mass is 79.9. The van der Waals surface area contributed by atoms with Crippen molar-refractivity contribution in [3.8, 4) is 0 Å². The first-order chi connectivity index (χ1) is 8.61. The first-order valence-corrected chi connectivity index (χ1v) is 8.42. The van der Waals surface area contributed by atoms with Crippen LogP contribution in [0.15, 0.2) is 54.3 Å². The molecule has 0 saturated carbocycles. The summed E-state index contributed by atoms with van der Waals surface area (Å²) in [6.07, 6.45) is 0. The molecule has 0 saturated heterocycles. The molecule has 0 amide bonds. The van der Waals surface area contributed by atoms with Crippen LogP contribution in [0.5, 0.6) is 0 Å². The molecular weight excluding hydrogens is 488 g/mol. The van der Waals surface area contributed by atoms with E-state index in [0.29, 0.717) is 0 Å². The van der Waals surface area contributed by atoms with Crippen molar-refractivity contribution in [2.24, 2.45) is 0 Å². The third-order valence-electron chi connectivity index (χ3n) is 2.94. The zero-order valence-corrected chi connectivity index (χ0v) is 15.3. The largest absolute Gasteiger partial charge is 0.0616 e. The van der Waals surface area contributed by atoms with Crippen LogP contribution in [0, 0.1) is 0 Å². The van der Waals surface area contributed by atoms with E-state index in [4.69, 9.17) is 0 Å². The molecule has 0 unspecified atom stereocenters. The lowest BCUT2D eigenvalue weighted by Crippen LogP contribution is -1.85. The van der Waals surface area contributed by atoms with E-state index in [2.05, 4.69) is 100 Å². The second-order valence-electron chi connectivity index (χ2n) is 3.95. The lowest BCUT2D eigenvalue weighted by Gasteiger charge is -2.12.